The first kappa shape index (κ1) is 17.2. The normalized spacial score (nSPS) is 10.2. The summed E-state index contributed by atoms with van der Waals surface area (Å²) in [7, 11) is 0. The van der Waals surface area contributed by atoms with Gasteiger partial charge in [-0.25, -0.2) is 0 Å². The molecular formula is C19H17N5O2. The Bertz CT molecular complexity index is 814. The van der Waals surface area contributed by atoms with Crippen LogP contribution in [0.1, 0.15) is 32.1 Å². The molecule has 0 atom stereocenters. The van der Waals surface area contributed by atoms with E-state index in [0.29, 0.717) is 18.7 Å². The van der Waals surface area contributed by atoms with Gasteiger partial charge < -0.3 is 10.6 Å². The molecule has 0 aliphatic heterocycles. The summed E-state index contributed by atoms with van der Waals surface area (Å²) in [4.78, 5) is 36.7. The zero-order chi connectivity index (χ0) is 18.2. The standard InChI is InChI=1S/C19H17N5O2/c25-18(23-12-14-4-3-7-20-11-14)15-6-9-22-17(10-15)19(26)24-13-16-5-1-2-8-21-16/h1-11H,12-13H2,(H,23,25)(H,24,26). The molecule has 0 aliphatic carbocycles. The van der Waals surface area contributed by atoms with Gasteiger partial charge in [0.05, 0.1) is 12.2 Å². The van der Waals surface area contributed by atoms with Gasteiger partial charge in [0.15, 0.2) is 0 Å². The molecule has 26 heavy (non-hydrogen) atoms. The Labute approximate surface area is 150 Å². The molecule has 0 aromatic carbocycles. The quantitative estimate of drug-likeness (QED) is 0.708. The lowest BCUT2D eigenvalue weighted by molar-refractivity contribution is 0.0945. The van der Waals surface area contributed by atoms with E-state index in [1.807, 2.05) is 18.2 Å². The molecule has 3 rings (SSSR count). The molecule has 130 valence electrons. The van der Waals surface area contributed by atoms with E-state index in [2.05, 4.69) is 25.6 Å². The van der Waals surface area contributed by atoms with E-state index in [-0.39, 0.29) is 17.5 Å². The third kappa shape index (κ3) is 4.70. The lowest BCUT2D eigenvalue weighted by atomic mass is 10.2. The second kappa shape index (κ2) is 8.48. The molecule has 0 fully saturated rings. The minimum atomic E-state index is -0.363. The maximum Gasteiger partial charge on any atom is 0.270 e. The Morgan fingerprint density at radius 1 is 0.846 bits per heavy atom. The van der Waals surface area contributed by atoms with Crippen LogP contribution in [0.4, 0.5) is 0 Å². The van der Waals surface area contributed by atoms with Crippen LogP contribution >= 0.6 is 0 Å². The van der Waals surface area contributed by atoms with Crippen LogP contribution in [-0.4, -0.2) is 26.8 Å². The first-order valence-electron chi connectivity index (χ1n) is 8.03. The average molecular weight is 347 g/mol. The summed E-state index contributed by atoms with van der Waals surface area (Å²) in [6.45, 7) is 0.648. The van der Waals surface area contributed by atoms with E-state index >= 15 is 0 Å². The second-order valence-corrected chi connectivity index (χ2v) is 5.48. The van der Waals surface area contributed by atoms with E-state index in [0.717, 1.165) is 11.3 Å². The first-order valence-corrected chi connectivity index (χ1v) is 8.03. The summed E-state index contributed by atoms with van der Waals surface area (Å²) in [5.41, 5.74) is 2.18. The summed E-state index contributed by atoms with van der Waals surface area (Å²) in [6, 6.07) is 12.2. The van der Waals surface area contributed by atoms with Crippen molar-refractivity contribution in [3.63, 3.8) is 0 Å². The zero-order valence-electron chi connectivity index (χ0n) is 13.9. The number of amides is 2. The van der Waals surface area contributed by atoms with E-state index in [1.165, 1.54) is 12.3 Å². The molecular weight excluding hydrogens is 330 g/mol. The van der Waals surface area contributed by atoms with E-state index in [4.69, 9.17) is 0 Å². The Hall–Kier alpha value is -3.61. The zero-order valence-corrected chi connectivity index (χ0v) is 13.9. The molecule has 0 spiro atoms. The maximum absolute atomic E-state index is 12.3. The Balaban J connectivity index is 1.60. The number of hydrogen-bond acceptors (Lipinski definition) is 5. The smallest absolute Gasteiger partial charge is 0.270 e. The van der Waals surface area contributed by atoms with E-state index < -0.39 is 0 Å². The molecule has 3 aromatic rings. The van der Waals surface area contributed by atoms with Crippen LogP contribution < -0.4 is 10.6 Å². The van der Waals surface area contributed by atoms with Gasteiger partial charge in [-0.1, -0.05) is 12.1 Å². The Morgan fingerprint density at radius 3 is 2.50 bits per heavy atom. The minimum Gasteiger partial charge on any atom is -0.348 e. The molecule has 0 radical (unpaired) electrons. The fraction of sp³-hybridized carbons (Fsp3) is 0.105. The molecule has 7 nitrogen and oxygen atoms in total. The van der Waals surface area contributed by atoms with E-state index in [1.54, 1.807) is 36.8 Å². The summed E-state index contributed by atoms with van der Waals surface area (Å²) in [6.07, 6.45) is 6.45. The predicted molar refractivity (Wildman–Crippen MR) is 95.1 cm³/mol. The van der Waals surface area contributed by atoms with Gasteiger partial charge in [0.1, 0.15) is 5.69 Å². The molecule has 0 bridgehead atoms. The fourth-order valence-electron chi connectivity index (χ4n) is 2.25. The van der Waals surface area contributed by atoms with Crippen LogP contribution in [0.5, 0.6) is 0 Å². The Morgan fingerprint density at radius 2 is 1.73 bits per heavy atom. The second-order valence-electron chi connectivity index (χ2n) is 5.48. The van der Waals surface area contributed by atoms with Crippen molar-refractivity contribution in [2.45, 2.75) is 13.1 Å². The fourth-order valence-corrected chi connectivity index (χ4v) is 2.25. The monoisotopic (exact) mass is 347 g/mol. The van der Waals surface area contributed by atoms with Gasteiger partial charge >= 0.3 is 0 Å². The number of nitrogens with one attached hydrogen (secondary N) is 2. The highest BCUT2D eigenvalue weighted by molar-refractivity contribution is 5.98. The van der Waals surface area contributed by atoms with Crippen molar-refractivity contribution in [3.05, 3.63) is 89.8 Å². The number of aromatic nitrogens is 3. The van der Waals surface area contributed by atoms with Crippen molar-refractivity contribution in [1.29, 1.82) is 0 Å². The molecule has 3 aromatic heterocycles. The van der Waals surface area contributed by atoms with Gasteiger partial charge in [0, 0.05) is 36.9 Å². The number of pyridine rings is 3. The highest BCUT2D eigenvalue weighted by atomic mass is 16.2. The van der Waals surface area contributed by atoms with Crippen molar-refractivity contribution in [1.82, 2.24) is 25.6 Å². The number of rotatable bonds is 6. The van der Waals surface area contributed by atoms with Crippen molar-refractivity contribution in [3.8, 4) is 0 Å². The van der Waals surface area contributed by atoms with Crippen LogP contribution in [0, 0.1) is 0 Å². The van der Waals surface area contributed by atoms with Crippen molar-refractivity contribution < 1.29 is 9.59 Å². The molecule has 3 heterocycles. The van der Waals surface area contributed by atoms with Gasteiger partial charge in [-0.15, -0.1) is 0 Å². The van der Waals surface area contributed by atoms with Gasteiger partial charge in [-0.2, -0.15) is 0 Å². The third-order valence-corrected chi connectivity index (χ3v) is 3.59. The van der Waals surface area contributed by atoms with Crippen LogP contribution in [0.2, 0.25) is 0 Å². The molecule has 0 unspecified atom stereocenters. The number of nitrogens with zero attached hydrogens (tertiary/aromatic N) is 3. The summed E-state index contributed by atoms with van der Waals surface area (Å²) < 4.78 is 0. The van der Waals surface area contributed by atoms with Crippen molar-refractivity contribution >= 4 is 11.8 Å². The lowest BCUT2D eigenvalue weighted by Gasteiger charge is -2.07. The topological polar surface area (TPSA) is 96.9 Å². The van der Waals surface area contributed by atoms with Gasteiger partial charge in [-0.3, -0.25) is 24.5 Å². The minimum absolute atomic E-state index is 0.176. The molecule has 0 aliphatic rings. The van der Waals surface area contributed by atoms with Crippen molar-refractivity contribution in [2.24, 2.45) is 0 Å². The number of carbonyl (C=O) groups excluding carboxylic acids is 2. The SMILES string of the molecule is O=C(NCc1cccnc1)c1ccnc(C(=O)NCc2ccccn2)c1. The molecule has 7 heteroatoms. The number of hydrogen-bond donors (Lipinski definition) is 2. The van der Waals surface area contributed by atoms with Crippen LogP contribution in [0.25, 0.3) is 0 Å². The number of carbonyl (C=O) groups is 2. The maximum atomic E-state index is 12.3. The van der Waals surface area contributed by atoms with Crippen molar-refractivity contribution in [2.75, 3.05) is 0 Å². The molecule has 0 saturated heterocycles. The highest BCUT2D eigenvalue weighted by Gasteiger charge is 2.12. The predicted octanol–water partition coefficient (Wildman–Crippen LogP) is 1.73. The van der Waals surface area contributed by atoms with E-state index in [9.17, 15) is 9.59 Å². The van der Waals surface area contributed by atoms with Gasteiger partial charge in [0.25, 0.3) is 11.8 Å². The Kier molecular flexibility index (Phi) is 5.61. The summed E-state index contributed by atoms with van der Waals surface area (Å²) in [5.74, 6) is -0.646. The first-order chi connectivity index (χ1) is 12.7. The average Bonchev–Trinajstić information content (AvgIpc) is 2.72. The summed E-state index contributed by atoms with van der Waals surface area (Å²) >= 11 is 0. The third-order valence-electron chi connectivity index (χ3n) is 3.59. The molecule has 2 N–H and O–H groups in total. The van der Waals surface area contributed by atoms with Crippen LogP contribution in [0.15, 0.2) is 67.3 Å². The molecule has 2 amide bonds. The van der Waals surface area contributed by atoms with Crippen LogP contribution in [0.3, 0.4) is 0 Å². The van der Waals surface area contributed by atoms with Gasteiger partial charge in [0.2, 0.25) is 0 Å². The van der Waals surface area contributed by atoms with Crippen LogP contribution in [-0.2, 0) is 13.1 Å². The van der Waals surface area contributed by atoms with Gasteiger partial charge in [-0.05, 0) is 35.9 Å². The highest BCUT2D eigenvalue weighted by Crippen LogP contribution is 2.04. The summed E-state index contributed by atoms with van der Waals surface area (Å²) in [5, 5.41) is 5.53. The molecule has 0 saturated carbocycles. The largest absolute Gasteiger partial charge is 0.348 e. The lowest BCUT2D eigenvalue weighted by Crippen LogP contribution is -2.26.